The summed E-state index contributed by atoms with van der Waals surface area (Å²) in [5, 5.41) is 4.40. The number of hydrogen-bond donors (Lipinski definition) is 0. The van der Waals surface area contributed by atoms with E-state index in [9.17, 15) is 0 Å². The molecule has 5 heteroatoms. The summed E-state index contributed by atoms with van der Waals surface area (Å²) < 4.78 is 1.52. The zero-order valence-electron chi connectivity index (χ0n) is 18.8. The van der Waals surface area contributed by atoms with Gasteiger partial charge in [0.25, 0.3) is 0 Å². The van der Waals surface area contributed by atoms with Gasteiger partial charge in [-0.3, -0.25) is 0 Å². The van der Waals surface area contributed by atoms with Gasteiger partial charge in [0.05, 0.1) is 0 Å². The Hall–Kier alpha value is -1.06. The van der Waals surface area contributed by atoms with E-state index in [1.807, 2.05) is 0 Å². The van der Waals surface area contributed by atoms with Gasteiger partial charge in [0.15, 0.2) is 0 Å². The minimum atomic E-state index is -2.44. The molecule has 0 heterocycles. The average Bonchev–Trinajstić information content (AvgIpc) is 2.93. The summed E-state index contributed by atoms with van der Waals surface area (Å²) >= 11 is 2.37. The molecule has 1 aliphatic carbocycles. The van der Waals surface area contributed by atoms with Gasteiger partial charge < -0.3 is 37.2 Å². The molecular formula is C27H27Cl3SiTi. The summed E-state index contributed by atoms with van der Waals surface area (Å²) in [4.78, 5) is 0. The van der Waals surface area contributed by atoms with Crippen molar-refractivity contribution < 1.29 is 57.7 Å². The molecule has 1 aliphatic rings. The molecular weight excluding hydrogens is 507 g/mol. The maximum atomic E-state index is 2.51. The predicted octanol–water partition coefficient (Wildman–Crippen LogP) is -3.90. The van der Waals surface area contributed by atoms with Crippen molar-refractivity contribution in [3.05, 3.63) is 112 Å². The fraction of sp³-hybridized carbons (Fsp3) is 0.185. The molecule has 0 aromatic heterocycles. The van der Waals surface area contributed by atoms with Crippen LogP contribution in [0.15, 0.2) is 112 Å². The Morgan fingerprint density at radius 3 is 1.12 bits per heavy atom. The maximum absolute atomic E-state index is 2.51. The van der Waals surface area contributed by atoms with Crippen LogP contribution in [0.4, 0.5) is 0 Å². The Labute approximate surface area is 224 Å². The second-order valence-electron chi connectivity index (χ2n) is 8.22. The molecule has 1 unspecified atom stereocenters. The van der Waals surface area contributed by atoms with Crippen LogP contribution in [0, 0.1) is 0 Å². The number of benzene rings is 3. The quantitative estimate of drug-likeness (QED) is 0.238. The molecule has 3 aromatic rings. The molecule has 0 saturated heterocycles. The van der Waals surface area contributed by atoms with Crippen LogP contribution in [0.25, 0.3) is 0 Å². The molecule has 3 aromatic carbocycles. The molecule has 0 amide bonds. The summed E-state index contributed by atoms with van der Waals surface area (Å²) in [5.41, 5.74) is 4.45. The molecule has 1 atom stereocenters. The first kappa shape index (κ1) is 29.0. The fourth-order valence-electron chi connectivity index (χ4n) is 5.31. The van der Waals surface area contributed by atoms with E-state index in [2.05, 4.69) is 139 Å². The Morgan fingerprint density at radius 1 is 0.562 bits per heavy atom. The van der Waals surface area contributed by atoms with Gasteiger partial charge in [-0.15, -0.1) is 0 Å². The molecule has 32 heavy (non-hydrogen) atoms. The number of rotatable bonds is 4. The van der Waals surface area contributed by atoms with E-state index in [-0.39, 0.29) is 42.3 Å². The minimum absolute atomic E-state index is 0. The van der Waals surface area contributed by atoms with Gasteiger partial charge in [-0.05, 0) is 0 Å². The van der Waals surface area contributed by atoms with Gasteiger partial charge in [0, 0.05) is 0 Å². The van der Waals surface area contributed by atoms with Crippen LogP contribution in [0.3, 0.4) is 0 Å². The Bertz CT molecular complexity index is 973. The van der Waals surface area contributed by atoms with E-state index in [0.29, 0.717) is 0 Å². The van der Waals surface area contributed by atoms with Crippen LogP contribution in [0.1, 0.15) is 27.7 Å². The number of halogens is 3. The van der Waals surface area contributed by atoms with Crippen molar-refractivity contribution in [3.8, 4) is 0 Å². The first-order chi connectivity index (χ1) is 14.0. The summed E-state index contributed by atoms with van der Waals surface area (Å²) in [6, 6.07) is 33.8. The average molecular weight is 534 g/mol. The van der Waals surface area contributed by atoms with E-state index < -0.39 is 8.07 Å². The molecule has 0 fully saturated rings. The first-order valence-electron chi connectivity index (χ1n) is 10.2. The van der Waals surface area contributed by atoms with Crippen LogP contribution in [0.2, 0.25) is 5.04 Å². The van der Waals surface area contributed by atoms with E-state index in [1.54, 1.807) is 0 Å². The van der Waals surface area contributed by atoms with Crippen molar-refractivity contribution in [3.63, 3.8) is 0 Å². The Kier molecular flexibility index (Phi) is 10.3. The molecule has 0 radical (unpaired) electrons. The van der Waals surface area contributed by atoms with Crippen LogP contribution < -0.4 is 52.8 Å². The van der Waals surface area contributed by atoms with Crippen molar-refractivity contribution in [1.82, 2.24) is 0 Å². The largest absolute Gasteiger partial charge is 1.00 e. The van der Waals surface area contributed by atoms with Crippen molar-refractivity contribution in [2.24, 2.45) is 0 Å². The minimum Gasteiger partial charge on any atom is -1.00 e. The normalized spacial score (nSPS) is 17.9. The number of allylic oxidation sites excluding steroid dienone is 4. The van der Waals surface area contributed by atoms with E-state index in [1.165, 1.54) is 36.2 Å². The van der Waals surface area contributed by atoms with Gasteiger partial charge in [-0.25, -0.2) is 0 Å². The SMILES string of the molecule is CC1=C(C)C(C)([Si](c2ccccc2)(c2ccccc2)c2ccccc2)[C]([Ti+3])=C1C.[Cl-].[Cl-].[Cl-]. The summed E-state index contributed by atoms with van der Waals surface area (Å²) in [5.74, 6) is 0. The van der Waals surface area contributed by atoms with Crippen molar-refractivity contribution in [2.45, 2.75) is 32.7 Å². The monoisotopic (exact) mass is 532 g/mol. The second kappa shape index (κ2) is 11.4. The molecule has 4 rings (SSSR count). The van der Waals surface area contributed by atoms with Crippen LogP contribution in [-0.2, 0) is 20.4 Å². The summed E-state index contributed by atoms with van der Waals surface area (Å²) in [6.45, 7) is 9.49. The van der Waals surface area contributed by atoms with Crippen molar-refractivity contribution >= 4 is 23.6 Å². The third-order valence-electron chi connectivity index (χ3n) is 7.12. The van der Waals surface area contributed by atoms with Gasteiger partial charge in [0.2, 0.25) is 0 Å². The third-order valence-corrected chi connectivity index (χ3v) is 14.6. The topological polar surface area (TPSA) is 0 Å². The molecule has 0 spiro atoms. The van der Waals surface area contributed by atoms with Gasteiger partial charge in [-0.1, -0.05) is 0 Å². The summed E-state index contributed by atoms with van der Waals surface area (Å²) in [6.07, 6.45) is 0. The van der Waals surface area contributed by atoms with Crippen molar-refractivity contribution in [1.29, 1.82) is 0 Å². The molecule has 0 aliphatic heterocycles. The molecule has 164 valence electrons. The molecule has 0 N–H and O–H groups in total. The van der Waals surface area contributed by atoms with Gasteiger partial charge in [0.1, 0.15) is 0 Å². The van der Waals surface area contributed by atoms with Crippen LogP contribution in [-0.4, -0.2) is 8.07 Å². The fourth-order valence-corrected chi connectivity index (χ4v) is 12.9. The smallest absolute Gasteiger partial charge is 1.00 e. The Morgan fingerprint density at radius 2 is 0.875 bits per heavy atom. The predicted molar refractivity (Wildman–Crippen MR) is 123 cm³/mol. The van der Waals surface area contributed by atoms with Crippen molar-refractivity contribution in [2.75, 3.05) is 0 Å². The first-order valence-corrected chi connectivity index (χ1v) is 13.0. The van der Waals surface area contributed by atoms with Crippen LogP contribution >= 0.6 is 0 Å². The standard InChI is InChI=1S/C27H27Si.3ClH.Ti/c1-21-20-27(4,23(3)22(21)2)28(24-14-8-5-9-15-24,25-16-10-6-11-17-25)26-18-12-7-13-19-26;;;;/h5-19H,1-4H3;3*1H;/q;;;;+3/p-3. The molecule has 0 bridgehead atoms. The van der Waals surface area contributed by atoms with Gasteiger partial charge in [-0.2, -0.15) is 0 Å². The maximum Gasteiger partial charge on any atom is -1.00 e. The third kappa shape index (κ3) is 4.13. The van der Waals surface area contributed by atoms with E-state index in [0.717, 1.165) is 0 Å². The van der Waals surface area contributed by atoms with E-state index >= 15 is 0 Å². The second-order valence-corrected chi connectivity index (χ2v) is 13.2. The Balaban J connectivity index is 0.00000171. The zero-order chi connectivity index (χ0) is 20.6. The number of hydrogen-bond acceptors (Lipinski definition) is 0. The molecule has 0 saturated carbocycles. The van der Waals surface area contributed by atoms with Crippen LogP contribution in [0.5, 0.6) is 0 Å². The van der Waals surface area contributed by atoms with Gasteiger partial charge >= 0.3 is 188 Å². The zero-order valence-corrected chi connectivity index (χ0v) is 23.6. The molecule has 0 nitrogen and oxygen atoms in total. The summed E-state index contributed by atoms with van der Waals surface area (Å²) in [7, 11) is -2.44. The van der Waals surface area contributed by atoms with E-state index in [4.69, 9.17) is 0 Å².